The van der Waals surface area contributed by atoms with Crippen LogP contribution in [-0.4, -0.2) is 36.1 Å². The summed E-state index contributed by atoms with van der Waals surface area (Å²) < 4.78 is 17.2. The van der Waals surface area contributed by atoms with E-state index in [2.05, 4.69) is 31.9 Å². The van der Waals surface area contributed by atoms with E-state index in [0.717, 1.165) is 15.2 Å². The van der Waals surface area contributed by atoms with Crippen LogP contribution >= 0.6 is 31.9 Å². The maximum absolute atomic E-state index is 11.3. The number of rotatable bonds is 5. The molecule has 7 nitrogen and oxygen atoms in total. The summed E-state index contributed by atoms with van der Waals surface area (Å²) in [7, 11) is 1.56. The molecule has 144 valence electrons. The number of hydrogen-bond donors (Lipinski definition) is 0. The number of carbonyl (C=O) groups is 2. The van der Waals surface area contributed by atoms with Crippen LogP contribution in [0.1, 0.15) is 12.5 Å². The molecule has 3 rings (SSSR count). The van der Waals surface area contributed by atoms with Crippen molar-refractivity contribution in [1.82, 2.24) is 0 Å². The Bertz CT molecular complexity index is 900. The quantitative estimate of drug-likeness (QED) is 0.272. The van der Waals surface area contributed by atoms with Crippen molar-refractivity contribution >= 4 is 54.6 Å². The standard InChI is InChI=1S/C18H16Br2O7.2Na/c1-8(19)18(26-14(16(21)22)15(27-18)17(23)24)10-4-5-11-9(7-10)3-6-12(25-2)13(11)20;;/h3-8,14-15H,1-2H3,(H,21,22)(H,23,24);;/q;2*+1/p-2/t8?,14-,15-;;/m1../s1. The molecule has 0 aliphatic carbocycles. The predicted octanol–water partition coefficient (Wildman–Crippen LogP) is -5.16. The van der Waals surface area contributed by atoms with Crippen LogP contribution < -0.4 is 74.1 Å². The number of fused-ring (bicyclic) bond motifs is 1. The number of hydrogen-bond acceptors (Lipinski definition) is 7. The minimum absolute atomic E-state index is 0. The maximum Gasteiger partial charge on any atom is 1.00 e. The molecular formula is C18H14Br2Na2O7. The van der Waals surface area contributed by atoms with E-state index in [1.165, 1.54) is 0 Å². The fraction of sp³-hybridized carbons (Fsp3) is 0.333. The van der Waals surface area contributed by atoms with Gasteiger partial charge < -0.3 is 34.0 Å². The Hall–Kier alpha value is 0.320. The van der Waals surface area contributed by atoms with Crippen LogP contribution in [0.3, 0.4) is 0 Å². The van der Waals surface area contributed by atoms with Gasteiger partial charge in [0.15, 0.2) is 0 Å². The van der Waals surface area contributed by atoms with Crippen LogP contribution in [0.15, 0.2) is 34.8 Å². The van der Waals surface area contributed by atoms with E-state index >= 15 is 0 Å². The molecule has 0 bridgehead atoms. The molecule has 11 heteroatoms. The molecule has 1 unspecified atom stereocenters. The van der Waals surface area contributed by atoms with Gasteiger partial charge in [-0.3, -0.25) is 0 Å². The number of alkyl halides is 1. The van der Waals surface area contributed by atoms with Crippen molar-refractivity contribution in [1.29, 1.82) is 0 Å². The number of ether oxygens (including phenoxy) is 3. The van der Waals surface area contributed by atoms with Crippen LogP contribution in [0.4, 0.5) is 0 Å². The summed E-state index contributed by atoms with van der Waals surface area (Å²) in [5.41, 5.74) is 0.450. The number of carbonyl (C=O) groups excluding carboxylic acids is 2. The first-order chi connectivity index (χ1) is 12.7. The average molecular weight is 548 g/mol. The van der Waals surface area contributed by atoms with E-state index in [1.807, 2.05) is 6.07 Å². The van der Waals surface area contributed by atoms with Gasteiger partial charge in [-0.2, -0.15) is 0 Å². The van der Waals surface area contributed by atoms with E-state index in [0.29, 0.717) is 11.3 Å². The third-order valence-corrected chi connectivity index (χ3v) is 5.83. The molecule has 2 aromatic carbocycles. The molecule has 0 amide bonds. The Morgan fingerprint density at radius 1 is 1.10 bits per heavy atom. The molecule has 1 heterocycles. The fourth-order valence-electron chi connectivity index (χ4n) is 3.07. The summed E-state index contributed by atoms with van der Waals surface area (Å²) in [6, 6.07) is 8.78. The van der Waals surface area contributed by atoms with Crippen LogP contribution in [0, 0.1) is 0 Å². The second kappa shape index (κ2) is 10.8. The maximum atomic E-state index is 11.3. The van der Waals surface area contributed by atoms with Gasteiger partial charge in [-0.25, -0.2) is 0 Å². The molecule has 29 heavy (non-hydrogen) atoms. The smallest absolute Gasteiger partial charge is 0.547 e. The summed E-state index contributed by atoms with van der Waals surface area (Å²) in [4.78, 5) is 22.1. The number of carboxylic acids is 2. The number of methoxy groups -OCH3 is 1. The van der Waals surface area contributed by atoms with Gasteiger partial charge in [0.2, 0.25) is 5.79 Å². The summed E-state index contributed by atoms with van der Waals surface area (Å²) in [6.07, 6.45) is -3.60. The Balaban J connectivity index is 0.00000210. The Kier molecular flexibility index (Phi) is 10.2. The molecule has 0 N–H and O–H groups in total. The number of carboxylic acid groups (broad SMARTS) is 2. The van der Waals surface area contributed by atoms with Gasteiger partial charge in [0, 0.05) is 5.56 Å². The molecular weight excluding hydrogens is 534 g/mol. The number of halogens is 2. The molecule has 0 radical (unpaired) electrons. The molecule has 2 aromatic rings. The van der Waals surface area contributed by atoms with Crippen molar-refractivity contribution in [2.75, 3.05) is 7.11 Å². The molecule has 0 spiro atoms. The monoisotopic (exact) mass is 546 g/mol. The predicted molar refractivity (Wildman–Crippen MR) is 98.0 cm³/mol. The number of aliphatic carboxylic acids is 2. The first-order valence-corrected chi connectivity index (χ1v) is 9.60. The van der Waals surface area contributed by atoms with E-state index in [9.17, 15) is 19.8 Å². The Morgan fingerprint density at radius 3 is 2.10 bits per heavy atom. The summed E-state index contributed by atoms with van der Waals surface area (Å²) in [5, 5.41) is 24.3. The van der Waals surface area contributed by atoms with Gasteiger partial charge in [-0.05, 0) is 45.8 Å². The largest absolute Gasteiger partial charge is 1.00 e. The fourth-order valence-corrected chi connectivity index (χ4v) is 4.21. The van der Waals surface area contributed by atoms with Crippen molar-refractivity contribution < 1.29 is 93.1 Å². The zero-order valence-electron chi connectivity index (χ0n) is 16.2. The van der Waals surface area contributed by atoms with Gasteiger partial charge in [-0.15, -0.1) is 0 Å². The zero-order chi connectivity index (χ0) is 19.9. The van der Waals surface area contributed by atoms with Gasteiger partial charge >= 0.3 is 59.1 Å². The molecule has 3 atom stereocenters. The van der Waals surface area contributed by atoms with Gasteiger partial charge in [0.05, 0.1) is 28.3 Å². The van der Waals surface area contributed by atoms with E-state index in [-0.39, 0.29) is 59.1 Å². The summed E-state index contributed by atoms with van der Waals surface area (Å²) in [5.74, 6) is -4.36. The topological polar surface area (TPSA) is 108 Å². The summed E-state index contributed by atoms with van der Waals surface area (Å²) in [6.45, 7) is 1.66. The first-order valence-electron chi connectivity index (χ1n) is 7.89. The minimum atomic E-state index is -1.80. The van der Waals surface area contributed by atoms with Crippen molar-refractivity contribution in [2.24, 2.45) is 0 Å². The molecule has 1 saturated heterocycles. The van der Waals surface area contributed by atoms with Crippen molar-refractivity contribution in [3.63, 3.8) is 0 Å². The van der Waals surface area contributed by atoms with Crippen molar-refractivity contribution in [3.05, 3.63) is 40.4 Å². The van der Waals surface area contributed by atoms with Gasteiger partial charge in [0.1, 0.15) is 18.0 Å². The molecule has 1 aliphatic rings. The second-order valence-corrected chi connectivity index (χ2v) is 8.18. The molecule has 0 aromatic heterocycles. The van der Waals surface area contributed by atoms with Gasteiger partial charge in [0.25, 0.3) is 0 Å². The Labute approximate surface area is 228 Å². The molecule has 1 aliphatic heterocycles. The number of benzene rings is 2. The Morgan fingerprint density at radius 2 is 1.66 bits per heavy atom. The first kappa shape index (κ1) is 27.4. The molecule has 0 saturated carbocycles. The van der Waals surface area contributed by atoms with Gasteiger partial charge in [-0.1, -0.05) is 34.1 Å². The van der Waals surface area contributed by atoms with E-state index in [1.54, 1.807) is 38.3 Å². The SMILES string of the molecule is COc1ccc2cc(C3(C(C)Br)O[C@@H](C(=O)[O-])[C@H](C(=O)[O-])O3)ccc2c1Br.[Na+].[Na+]. The third-order valence-electron chi connectivity index (χ3n) is 4.41. The van der Waals surface area contributed by atoms with Crippen molar-refractivity contribution in [3.8, 4) is 5.75 Å². The third kappa shape index (κ3) is 5.05. The van der Waals surface area contributed by atoms with Crippen LogP contribution in [0.2, 0.25) is 0 Å². The van der Waals surface area contributed by atoms with E-state index in [4.69, 9.17) is 14.2 Å². The molecule has 1 fully saturated rings. The normalized spacial score (nSPS) is 21.0. The second-order valence-electron chi connectivity index (χ2n) is 6.02. The van der Waals surface area contributed by atoms with Crippen LogP contribution in [-0.2, 0) is 24.8 Å². The minimum Gasteiger partial charge on any atom is -0.547 e. The average Bonchev–Trinajstić information content (AvgIpc) is 3.05. The van der Waals surface area contributed by atoms with Crippen LogP contribution in [0.25, 0.3) is 10.8 Å². The van der Waals surface area contributed by atoms with E-state index < -0.39 is 34.8 Å². The van der Waals surface area contributed by atoms with Crippen molar-refractivity contribution in [2.45, 2.75) is 29.7 Å². The summed E-state index contributed by atoms with van der Waals surface area (Å²) >= 11 is 6.82. The van der Waals surface area contributed by atoms with Crippen LogP contribution in [0.5, 0.6) is 5.75 Å². The zero-order valence-corrected chi connectivity index (χ0v) is 23.4.